The van der Waals surface area contributed by atoms with Gasteiger partial charge < -0.3 is 0 Å². The molecular formula is C15H13Cl. The van der Waals surface area contributed by atoms with Crippen LogP contribution in [0.3, 0.4) is 0 Å². The smallest absolute Gasteiger partial charge is 0.0597 e. The van der Waals surface area contributed by atoms with Gasteiger partial charge in [-0.2, -0.15) is 0 Å². The Morgan fingerprint density at radius 3 is 2.19 bits per heavy atom. The van der Waals surface area contributed by atoms with Gasteiger partial charge in [-0.1, -0.05) is 54.6 Å². The lowest BCUT2D eigenvalue weighted by Gasteiger charge is -2.11. The fraction of sp³-hybridized carbons (Fsp3) is 0.200. The molecule has 0 saturated carbocycles. The van der Waals surface area contributed by atoms with Crippen LogP contribution >= 0.6 is 11.6 Å². The topological polar surface area (TPSA) is 0 Å². The van der Waals surface area contributed by atoms with Crippen molar-refractivity contribution in [3.8, 4) is 0 Å². The van der Waals surface area contributed by atoms with E-state index in [1.165, 1.54) is 16.7 Å². The standard InChI is InChI=1S/C15H13Cl/c16-15-10-14(11-6-2-1-3-7-11)12-8-4-5-9-13(12)15/h1-9,14-15H,10H2/t14-,15-/m0/s1. The number of halogens is 1. The number of alkyl halides is 1. The molecule has 2 aromatic carbocycles. The van der Waals surface area contributed by atoms with E-state index in [-0.39, 0.29) is 5.38 Å². The molecule has 1 aliphatic carbocycles. The van der Waals surface area contributed by atoms with Crippen LogP contribution in [-0.4, -0.2) is 0 Å². The van der Waals surface area contributed by atoms with E-state index in [1.54, 1.807) is 0 Å². The molecule has 0 fully saturated rings. The zero-order valence-electron chi connectivity index (χ0n) is 8.94. The molecule has 0 nitrogen and oxygen atoms in total. The molecule has 0 aromatic heterocycles. The monoisotopic (exact) mass is 228 g/mol. The average molecular weight is 229 g/mol. The number of fused-ring (bicyclic) bond motifs is 1. The number of rotatable bonds is 1. The summed E-state index contributed by atoms with van der Waals surface area (Å²) in [7, 11) is 0. The fourth-order valence-electron chi connectivity index (χ4n) is 2.58. The Kier molecular flexibility index (Phi) is 2.45. The maximum atomic E-state index is 6.39. The highest BCUT2D eigenvalue weighted by Gasteiger charge is 2.29. The Bertz CT molecular complexity index is 490. The Hall–Kier alpha value is -1.27. The third kappa shape index (κ3) is 1.54. The van der Waals surface area contributed by atoms with E-state index in [9.17, 15) is 0 Å². The van der Waals surface area contributed by atoms with Crippen LogP contribution in [0, 0.1) is 0 Å². The van der Waals surface area contributed by atoms with Crippen molar-refractivity contribution < 1.29 is 0 Å². The number of benzene rings is 2. The van der Waals surface area contributed by atoms with Gasteiger partial charge in [0, 0.05) is 5.92 Å². The average Bonchev–Trinajstić information content (AvgIpc) is 2.69. The highest BCUT2D eigenvalue weighted by Crippen LogP contribution is 2.46. The second kappa shape index (κ2) is 3.95. The second-order valence-electron chi connectivity index (χ2n) is 4.30. The first-order valence-corrected chi connectivity index (χ1v) is 6.08. The molecule has 0 unspecified atom stereocenters. The molecule has 0 radical (unpaired) electrons. The summed E-state index contributed by atoms with van der Waals surface area (Å²) in [6.07, 6.45) is 1.02. The molecule has 1 aliphatic rings. The van der Waals surface area contributed by atoms with Crippen molar-refractivity contribution >= 4 is 11.6 Å². The molecule has 3 rings (SSSR count). The van der Waals surface area contributed by atoms with Crippen molar-refractivity contribution in [3.63, 3.8) is 0 Å². The van der Waals surface area contributed by atoms with Gasteiger partial charge in [0.05, 0.1) is 5.38 Å². The predicted molar refractivity (Wildman–Crippen MR) is 67.9 cm³/mol. The van der Waals surface area contributed by atoms with E-state index in [2.05, 4.69) is 54.6 Å². The zero-order valence-corrected chi connectivity index (χ0v) is 9.69. The lowest BCUT2D eigenvalue weighted by Crippen LogP contribution is -1.95. The first kappa shape index (κ1) is 9.92. The molecular weight excluding hydrogens is 216 g/mol. The lowest BCUT2D eigenvalue weighted by atomic mass is 9.93. The predicted octanol–water partition coefficient (Wildman–Crippen LogP) is 4.50. The molecule has 0 amide bonds. The zero-order chi connectivity index (χ0) is 11.0. The van der Waals surface area contributed by atoms with Crippen molar-refractivity contribution in [1.82, 2.24) is 0 Å². The lowest BCUT2D eigenvalue weighted by molar-refractivity contribution is 0.771. The number of hydrogen-bond donors (Lipinski definition) is 0. The van der Waals surface area contributed by atoms with E-state index < -0.39 is 0 Å². The van der Waals surface area contributed by atoms with Gasteiger partial charge >= 0.3 is 0 Å². The second-order valence-corrected chi connectivity index (χ2v) is 4.82. The van der Waals surface area contributed by atoms with Crippen molar-refractivity contribution in [3.05, 3.63) is 71.3 Å². The molecule has 0 saturated heterocycles. The summed E-state index contributed by atoms with van der Waals surface area (Å²) in [6.45, 7) is 0. The Morgan fingerprint density at radius 2 is 1.44 bits per heavy atom. The quantitative estimate of drug-likeness (QED) is 0.631. The van der Waals surface area contributed by atoms with E-state index in [0.717, 1.165) is 6.42 Å². The van der Waals surface area contributed by atoms with Crippen molar-refractivity contribution in [1.29, 1.82) is 0 Å². The van der Waals surface area contributed by atoms with E-state index in [4.69, 9.17) is 11.6 Å². The third-order valence-corrected chi connectivity index (χ3v) is 3.77. The summed E-state index contributed by atoms with van der Waals surface area (Å²) < 4.78 is 0. The van der Waals surface area contributed by atoms with Crippen LogP contribution in [0.2, 0.25) is 0 Å². The minimum Gasteiger partial charge on any atom is -0.118 e. The van der Waals surface area contributed by atoms with Crippen LogP contribution in [0.1, 0.15) is 34.4 Å². The first-order chi connectivity index (χ1) is 7.86. The Morgan fingerprint density at radius 1 is 0.812 bits per heavy atom. The molecule has 0 bridgehead atoms. The summed E-state index contributed by atoms with van der Waals surface area (Å²) in [5.74, 6) is 0.472. The highest BCUT2D eigenvalue weighted by atomic mass is 35.5. The summed E-state index contributed by atoms with van der Waals surface area (Å²) in [5.41, 5.74) is 4.07. The van der Waals surface area contributed by atoms with Crippen LogP contribution in [-0.2, 0) is 0 Å². The third-order valence-electron chi connectivity index (χ3n) is 3.35. The Labute approximate surface area is 101 Å². The van der Waals surface area contributed by atoms with E-state index in [1.807, 2.05) is 0 Å². The maximum Gasteiger partial charge on any atom is 0.0597 e. The van der Waals surface area contributed by atoms with Gasteiger partial charge in [0.2, 0.25) is 0 Å². The molecule has 0 spiro atoms. The maximum absolute atomic E-state index is 6.39. The van der Waals surface area contributed by atoms with Crippen LogP contribution in [0.5, 0.6) is 0 Å². The normalized spacial score (nSPS) is 23.1. The van der Waals surface area contributed by atoms with Crippen molar-refractivity contribution in [2.75, 3.05) is 0 Å². The van der Waals surface area contributed by atoms with E-state index in [0.29, 0.717) is 5.92 Å². The van der Waals surface area contributed by atoms with Gasteiger partial charge in [0.1, 0.15) is 0 Å². The highest BCUT2D eigenvalue weighted by molar-refractivity contribution is 6.21. The van der Waals surface area contributed by atoms with Gasteiger partial charge in [0.25, 0.3) is 0 Å². The molecule has 0 heterocycles. The molecule has 80 valence electrons. The van der Waals surface area contributed by atoms with Crippen LogP contribution in [0.25, 0.3) is 0 Å². The SMILES string of the molecule is Cl[C@H]1C[C@@H](c2ccccc2)c2ccccc21. The van der Waals surface area contributed by atoms with Crippen molar-refractivity contribution in [2.24, 2.45) is 0 Å². The first-order valence-electron chi connectivity index (χ1n) is 5.64. The minimum absolute atomic E-state index is 0.168. The molecule has 16 heavy (non-hydrogen) atoms. The largest absolute Gasteiger partial charge is 0.118 e. The van der Waals surface area contributed by atoms with Crippen LogP contribution in [0.15, 0.2) is 54.6 Å². The fourth-order valence-corrected chi connectivity index (χ4v) is 2.95. The molecule has 1 heteroatoms. The summed E-state index contributed by atoms with van der Waals surface area (Å²) >= 11 is 6.39. The van der Waals surface area contributed by atoms with Crippen LogP contribution < -0.4 is 0 Å². The summed E-state index contributed by atoms with van der Waals surface area (Å²) in [4.78, 5) is 0. The summed E-state index contributed by atoms with van der Waals surface area (Å²) in [6, 6.07) is 19.2. The van der Waals surface area contributed by atoms with Gasteiger partial charge in [0.15, 0.2) is 0 Å². The molecule has 2 atom stereocenters. The minimum atomic E-state index is 0.168. The Balaban J connectivity index is 2.07. The number of hydrogen-bond acceptors (Lipinski definition) is 0. The van der Waals surface area contributed by atoms with Gasteiger partial charge in [-0.15, -0.1) is 11.6 Å². The summed E-state index contributed by atoms with van der Waals surface area (Å²) in [5, 5.41) is 0.168. The van der Waals surface area contributed by atoms with Crippen molar-refractivity contribution in [2.45, 2.75) is 17.7 Å². The molecule has 0 aliphatic heterocycles. The molecule has 0 N–H and O–H groups in total. The van der Waals surface area contributed by atoms with Gasteiger partial charge in [-0.25, -0.2) is 0 Å². The van der Waals surface area contributed by atoms with Crippen LogP contribution in [0.4, 0.5) is 0 Å². The van der Waals surface area contributed by atoms with E-state index >= 15 is 0 Å². The molecule has 2 aromatic rings. The van der Waals surface area contributed by atoms with Gasteiger partial charge in [-0.3, -0.25) is 0 Å². The van der Waals surface area contributed by atoms with Gasteiger partial charge in [-0.05, 0) is 23.1 Å².